The SMILES string of the molecule is O=C(O)CN1CCN(Cc2ccc(O)c(O)c2)CC1. The summed E-state index contributed by atoms with van der Waals surface area (Å²) in [6.07, 6.45) is 0. The highest BCUT2D eigenvalue weighted by atomic mass is 16.4. The zero-order chi connectivity index (χ0) is 13.8. The Bertz CT molecular complexity index is 456. The minimum absolute atomic E-state index is 0.0911. The van der Waals surface area contributed by atoms with E-state index < -0.39 is 5.97 Å². The van der Waals surface area contributed by atoms with Gasteiger partial charge in [-0.3, -0.25) is 14.6 Å². The maximum atomic E-state index is 10.6. The quantitative estimate of drug-likeness (QED) is 0.680. The summed E-state index contributed by atoms with van der Waals surface area (Å²) in [7, 11) is 0. The third-order valence-electron chi connectivity index (χ3n) is 3.27. The molecule has 19 heavy (non-hydrogen) atoms. The zero-order valence-electron chi connectivity index (χ0n) is 10.6. The number of phenolic OH excluding ortho intramolecular Hbond substituents is 2. The van der Waals surface area contributed by atoms with Crippen molar-refractivity contribution in [1.29, 1.82) is 0 Å². The topological polar surface area (TPSA) is 84.2 Å². The number of piperazine rings is 1. The van der Waals surface area contributed by atoms with Crippen molar-refractivity contribution in [2.45, 2.75) is 6.54 Å². The molecular formula is C13H18N2O4. The summed E-state index contributed by atoms with van der Waals surface area (Å²) in [6, 6.07) is 4.81. The summed E-state index contributed by atoms with van der Waals surface area (Å²) in [6.45, 7) is 3.85. The molecule has 0 bridgehead atoms. The van der Waals surface area contributed by atoms with E-state index >= 15 is 0 Å². The average Bonchev–Trinajstić information content (AvgIpc) is 2.36. The Labute approximate surface area is 111 Å². The van der Waals surface area contributed by atoms with Crippen molar-refractivity contribution >= 4 is 5.97 Å². The lowest BCUT2D eigenvalue weighted by atomic mass is 10.1. The van der Waals surface area contributed by atoms with Gasteiger partial charge in [-0.15, -0.1) is 0 Å². The number of phenols is 2. The number of aliphatic carboxylic acids is 1. The summed E-state index contributed by atoms with van der Waals surface area (Å²) < 4.78 is 0. The minimum Gasteiger partial charge on any atom is -0.504 e. The van der Waals surface area contributed by atoms with E-state index in [9.17, 15) is 15.0 Å². The van der Waals surface area contributed by atoms with Crippen molar-refractivity contribution < 1.29 is 20.1 Å². The van der Waals surface area contributed by atoms with Crippen LogP contribution in [0.4, 0.5) is 0 Å². The van der Waals surface area contributed by atoms with Gasteiger partial charge in [0.1, 0.15) is 0 Å². The van der Waals surface area contributed by atoms with Gasteiger partial charge in [-0.2, -0.15) is 0 Å². The average molecular weight is 266 g/mol. The number of benzene rings is 1. The third-order valence-corrected chi connectivity index (χ3v) is 3.27. The van der Waals surface area contributed by atoms with Crippen molar-refractivity contribution in [3.05, 3.63) is 23.8 Å². The number of carboxylic acid groups (broad SMARTS) is 1. The van der Waals surface area contributed by atoms with Crippen molar-refractivity contribution in [2.24, 2.45) is 0 Å². The van der Waals surface area contributed by atoms with Crippen LogP contribution in [0, 0.1) is 0 Å². The van der Waals surface area contributed by atoms with Crippen molar-refractivity contribution in [3.8, 4) is 11.5 Å². The highest BCUT2D eigenvalue weighted by Gasteiger charge is 2.18. The molecule has 6 nitrogen and oxygen atoms in total. The van der Waals surface area contributed by atoms with Gasteiger partial charge < -0.3 is 15.3 Å². The van der Waals surface area contributed by atoms with E-state index in [0.717, 1.165) is 31.7 Å². The number of aromatic hydroxyl groups is 2. The van der Waals surface area contributed by atoms with Crippen molar-refractivity contribution in [1.82, 2.24) is 9.80 Å². The van der Waals surface area contributed by atoms with Crippen LogP contribution in [0.1, 0.15) is 5.56 Å². The summed E-state index contributed by atoms with van der Waals surface area (Å²) in [5, 5.41) is 27.4. The van der Waals surface area contributed by atoms with Crippen LogP contribution in [0.15, 0.2) is 18.2 Å². The monoisotopic (exact) mass is 266 g/mol. The van der Waals surface area contributed by atoms with Crippen LogP contribution in [-0.4, -0.2) is 63.8 Å². The van der Waals surface area contributed by atoms with Crippen LogP contribution in [0.2, 0.25) is 0 Å². The number of hydrogen-bond acceptors (Lipinski definition) is 5. The van der Waals surface area contributed by atoms with Crippen LogP contribution in [0.5, 0.6) is 11.5 Å². The molecule has 1 aromatic carbocycles. The standard InChI is InChI=1S/C13H18N2O4/c16-11-2-1-10(7-12(11)17)8-14-3-5-15(6-4-14)9-13(18)19/h1-2,7,16-17H,3-6,8-9H2,(H,18,19). The van der Waals surface area contributed by atoms with Gasteiger partial charge in [0, 0.05) is 32.7 Å². The summed E-state index contributed by atoms with van der Waals surface area (Å²) in [5.74, 6) is -1.02. The van der Waals surface area contributed by atoms with Crippen LogP contribution in [0.25, 0.3) is 0 Å². The van der Waals surface area contributed by atoms with Gasteiger partial charge in [0.2, 0.25) is 0 Å². The zero-order valence-corrected chi connectivity index (χ0v) is 10.6. The predicted octanol–water partition coefficient (Wildman–Crippen LogP) is 0.300. The molecule has 3 N–H and O–H groups in total. The summed E-state index contributed by atoms with van der Waals surface area (Å²) >= 11 is 0. The normalized spacial score (nSPS) is 17.5. The molecule has 0 unspecified atom stereocenters. The van der Waals surface area contributed by atoms with Gasteiger partial charge in [-0.05, 0) is 17.7 Å². The molecule has 2 rings (SSSR count). The number of hydrogen-bond donors (Lipinski definition) is 3. The molecule has 6 heteroatoms. The van der Waals surface area contributed by atoms with Crippen LogP contribution in [-0.2, 0) is 11.3 Å². The van der Waals surface area contributed by atoms with E-state index in [1.807, 2.05) is 4.90 Å². The van der Waals surface area contributed by atoms with Gasteiger partial charge in [-0.25, -0.2) is 0 Å². The molecule has 0 amide bonds. The van der Waals surface area contributed by atoms with Gasteiger partial charge >= 0.3 is 5.97 Å². The molecule has 0 atom stereocenters. The lowest BCUT2D eigenvalue weighted by molar-refractivity contribution is -0.138. The number of carbonyl (C=O) groups is 1. The molecule has 0 spiro atoms. The molecule has 1 aliphatic heterocycles. The molecule has 0 radical (unpaired) electrons. The predicted molar refractivity (Wildman–Crippen MR) is 69.1 cm³/mol. The van der Waals surface area contributed by atoms with Crippen LogP contribution >= 0.6 is 0 Å². The summed E-state index contributed by atoms with van der Waals surface area (Å²) in [5.41, 5.74) is 0.932. The Kier molecular flexibility index (Phi) is 4.24. The van der Waals surface area contributed by atoms with Crippen LogP contribution < -0.4 is 0 Å². The van der Waals surface area contributed by atoms with Gasteiger partial charge in [0.05, 0.1) is 6.54 Å². The van der Waals surface area contributed by atoms with E-state index in [2.05, 4.69) is 4.90 Å². The molecule has 104 valence electrons. The summed E-state index contributed by atoms with van der Waals surface area (Å²) in [4.78, 5) is 14.7. The Hall–Kier alpha value is -1.79. The second-order valence-corrected chi connectivity index (χ2v) is 4.77. The first-order valence-corrected chi connectivity index (χ1v) is 6.22. The van der Waals surface area contributed by atoms with E-state index in [1.165, 1.54) is 6.07 Å². The lowest BCUT2D eigenvalue weighted by Gasteiger charge is -2.33. The first kappa shape index (κ1) is 13.6. The Morgan fingerprint density at radius 1 is 1.05 bits per heavy atom. The van der Waals surface area contributed by atoms with Gasteiger partial charge in [0.25, 0.3) is 0 Å². The first-order valence-electron chi connectivity index (χ1n) is 6.22. The molecule has 1 aromatic rings. The Morgan fingerprint density at radius 2 is 1.68 bits per heavy atom. The molecule has 1 saturated heterocycles. The van der Waals surface area contributed by atoms with Crippen molar-refractivity contribution in [3.63, 3.8) is 0 Å². The second-order valence-electron chi connectivity index (χ2n) is 4.77. The fourth-order valence-electron chi connectivity index (χ4n) is 2.22. The molecule has 0 saturated carbocycles. The smallest absolute Gasteiger partial charge is 0.317 e. The number of rotatable bonds is 4. The second kappa shape index (κ2) is 5.90. The molecule has 1 aliphatic rings. The van der Waals surface area contributed by atoms with Gasteiger partial charge in [0.15, 0.2) is 11.5 Å². The van der Waals surface area contributed by atoms with E-state index in [-0.39, 0.29) is 18.0 Å². The molecule has 1 heterocycles. The fraction of sp³-hybridized carbons (Fsp3) is 0.462. The third kappa shape index (κ3) is 3.84. The van der Waals surface area contributed by atoms with Crippen molar-refractivity contribution in [2.75, 3.05) is 32.7 Å². The number of nitrogens with zero attached hydrogens (tertiary/aromatic N) is 2. The van der Waals surface area contributed by atoms with E-state index in [4.69, 9.17) is 5.11 Å². The van der Waals surface area contributed by atoms with Crippen LogP contribution in [0.3, 0.4) is 0 Å². The number of carboxylic acids is 1. The largest absolute Gasteiger partial charge is 0.504 e. The maximum absolute atomic E-state index is 10.6. The molecular weight excluding hydrogens is 248 g/mol. The lowest BCUT2D eigenvalue weighted by Crippen LogP contribution is -2.47. The van der Waals surface area contributed by atoms with E-state index in [0.29, 0.717) is 6.54 Å². The first-order chi connectivity index (χ1) is 9.04. The highest BCUT2D eigenvalue weighted by Crippen LogP contribution is 2.25. The Morgan fingerprint density at radius 3 is 2.26 bits per heavy atom. The minimum atomic E-state index is -0.795. The molecule has 0 aliphatic carbocycles. The Balaban J connectivity index is 1.85. The van der Waals surface area contributed by atoms with E-state index in [1.54, 1.807) is 12.1 Å². The fourth-order valence-corrected chi connectivity index (χ4v) is 2.22. The maximum Gasteiger partial charge on any atom is 0.317 e. The highest BCUT2D eigenvalue weighted by molar-refractivity contribution is 5.69. The van der Waals surface area contributed by atoms with Gasteiger partial charge in [-0.1, -0.05) is 6.07 Å². The molecule has 0 aromatic heterocycles. The molecule has 1 fully saturated rings.